The number of amides is 2. The summed E-state index contributed by atoms with van der Waals surface area (Å²) in [5.74, 6) is -0.372. The predicted octanol–water partition coefficient (Wildman–Crippen LogP) is 0.803. The van der Waals surface area contributed by atoms with Gasteiger partial charge in [-0.05, 0) is 23.3 Å². The van der Waals surface area contributed by atoms with E-state index in [1.54, 1.807) is 17.4 Å². The number of ether oxygens (including phenoxy) is 1. The maximum Gasteiger partial charge on any atom is 0.387 e. The first-order chi connectivity index (χ1) is 13.0. The van der Waals surface area contributed by atoms with Crippen LogP contribution in [0.4, 0.5) is 8.78 Å². The molecule has 0 aliphatic rings. The molecule has 0 radical (unpaired) electrons. The fourth-order valence-electron chi connectivity index (χ4n) is 2.50. The van der Waals surface area contributed by atoms with Gasteiger partial charge in [-0.1, -0.05) is 42.5 Å². The van der Waals surface area contributed by atoms with Gasteiger partial charge < -0.3 is 20.7 Å². The Hall–Kier alpha value is -3.00. The molecule has 2 aromatic rings. The van der Waals surface area contributed by atoms with Crippen LogP contribution in [0.15, 0.2) is 54.6 Å². The maximum atomic E-state index is 12.3. The molecule has 0 unspecified atom stereocenters. The Morgan fingerprint density at radius 1 is 0.963 bits per heavy atom. The molecule has 6 nitrogen and oxygen atoms in total. The fraction of sp³-hybridized carbons (Fsp3) is 0.263. The van der Waals surface area contributed by atoms with Gasteiger partial charge in [-0.2, -0.15) is 8.78 Å². The molecular weight excluding hydrogens is 356 g/mol. The summed E-state index contributed by atoms with van der Waals surface area (Å²) < 4.78 is 29.0. The molecule has 27 heavy (non-hydrogen) atoms. The first-order valence-corrected chi connectivity index (χ1v) is 8.41. The largest absolute Gasteiger partial charge is 0.435 e. The van der Waals surface area contributed by atoms with E-state index in [0.717, 1.165) is 11.1 Å². The van der Waals surface area contributed by atoms with Crippen LogP contribution < -0.4 is 20.7 Å². The van der Waals surface area contributed by atoms with Gasteiger partial charge in [0.1, 0.15) is 5.75 Å². The normalized spacial score (nSPS) is 11.7. The number of nitrogens with one attached hydrogen (secondary N) is 2. The molecule has 0 bridgehead atoms. The summed E-state index contributed by atoms with van der Waals surface area (Å²) in [6, 6.07) is 15.0. The molecule has 1 atom stereocenters. The number of rotatable bonds is 9. The molecule has 0 fully saturated rings. The van der Waals surface area contributed by atoms with Crippen LogP contribution in [0.25, 0.3) is 0 Å². The lowest BCUT2D eigenvalue weighted by Gasteiger charge is -2.20. The summed E-state index contributed by atoms with van der Waals surface area (Å²) in [5, 5.41) is 6.99. The summed E-state index contributed by atoms with van der Waals surface area (Å²) in [6.07, 6.45) is 0. The predicted molar refractivity (Wildman–Crippen MR) is 95.2 cm³/mol. The number of carbonyl (C=O) groups excluding carboxylic acids is 2. The smallest absolute Gasteiger partial charge is 0.387 e. The second-order valence-electron chi connectivity index (χ2n) is 5.73. The van der Waals surface area contributed by atoms with Crippen molar-refractivity contribution in [2.75, 3.05) is 20.1 Å². The second-order valence-corrected chi connectivity index (χ2v) is 5.73. The minimum absolute atomic E-state index is 0.0470. The lowest BCUT2D eigenvalue weighted by atomic mass is 9.98. The minimum atomic E-state index is -2.89. The lowest BCUT2D eigenvalue weighted by Crippen LogP contribution is -2.88. The van der Waals surface area contributed by atoms with Crippen LogP contribution in [0.5, 0.6) is 5.75 Å². The number of alkyl halides is 2. The van der Waals surface area contributed by atoms with Crippen LogP contribution >= 0.6 is 0 Å². The van der Waals surface area contributed by atoms with Gasteiger partial charge in [0.15, 0.2) is 13.1 Å². The Labute approximate surface area is 155 Å². The first kappa shape index (κ1) is 20.3. The van der Waals surface area contributed by atoms with Crippen molar-refractivity contribution in [3.8, 4) is 5.75 Å². The van der Waals surface area contributed by atoms with E-state index in [1.807, 2.05) is 30.3 Å². The summed E-state index contributed by atoms with van der Waals surface area (Å²) in [5.41, 5.74) is 1.57. The molecule has 0 saturated carbocycles. The zero-order valence-electron chi connectivity index (χ0n) is 14.8. The molecule has 2 rings (SSSR count). The fourth-order valence-corrected chi connectivity index (χ4v) is 2.50. The van der Waals surface area contributed by atoms with Crippen molar-refractivity contribution >= 4 is 11.8 Å². The number of carbonyl (C=O) groups is 2. The molecule has 0 saturated heterocycles. The van der Waals surface area contributed by atoms with Gasteiger partial charge in [-0.3, -0.25) is 9.59 Å². The number of benzene rings is 2. The van der Waals surface area contributed by atoms with Crippen molar-refractivity contribution in [3.05, 3.63) is 65.7 Å². The molecule has 0 heterocycles. The van der Waals surface area contributed by atoms with Gasteiger partial charge in [0.2, 0.25) is 0 Å². The van der Waals surface area contributed by atoms with Crippen molar-refractivity contribution in [2.45, 2.75) is 12.7 Å². The topological polar surface area (TPSA) is 84.0 Å². The summed E-state index contributed by atoms with van der Waals surface area (Å²) in [7, 11) is 1.53. The second kappa shape index (κ2) is 10.2. The van der Waals surface area contributed by atoms with Crippen molar-refractivity contribution in [2.24, 2.45) is 0 Å². The van der Waals surface area contributed by atoms with Crippen LogP contribution in [0.3, 0.4) is 0 Å². The lowest BCUT2D eigenvalue weighted by molar-refractivity contribution is -0.633. The summed E-state index contributed by atoms with van der Waals surface area (Å²) in [4.78, 5) is 23.5. The van der Waals surface area contributed by atoms with E-state index in [4.69, 9.17) is 0 Å². The van der Waals surface area contributed by atoms with E-state index < -0.39 is 12.7 Å². The van der Waals surface area contributed by atoms with E-state index in [9.17, 15) is 18.4 Å². The summed E-state index contributed by atoms with van der Waals surface area (Å²) >= 11 is 0. The average Bonchev–Trinajstić information content (AvgIpc) is 2.67. The third kappa shape index (κ3) is 6.67. The van der Waals surface area contributed by atoms with Crippen LogP contribution in [-0.2, 0) is 9.59 Å². The molecule has 0 spiro atoms. The maximum absolute atomic E-state index is 12.3. The molecule has 4 N–H and O–H groups in total. The van der Waals surface area contributed by atoms with E-state index in [2.05, 4.69) is 15.4 Å². The Morgan fingerprint density at radius 3 is 2.15 bits per heavy atom. The molecule has 0 aromatic heterocycles. The monoisotopic (exact) mass is 378 g/mol. The highest BCUT2D eigenvalue weighted by molar-refractivity contribution is 5.79. The Kier molecular flexibility index (Phi) is 7.69. The van der Waals surface area contributed by atoms with E-state index in [1.165, 1.54) is 19.2 Å². The third-order valence-corrected chi connectivity index (χ3v) is 3.82. The first-order valence-electron chi connectivity index (χ1n) is 8.41. The zero-order valence-corrected chi connectivity index (χ0v) is 14.8. The molecular formula is C19H22F2N3O3+. The highest BCUT2D eigenvalue weighted by Gasteiger charge is 2.18. The number of likely N-dealkylation sites (N-methyl/N-ethyl adjacent to an activating group) is 1. The van der Waals surface area contributed by atoms with Crippen LogP contribution in [0, 0.1) is 0 Å². The van der Waals surface area contributed by atoms with E-state index in [0.29, 0.717) is 0 Å². The number of quaternary nitrogens is 1. The van der Waals surface area contributed by atoms with Gasteiger partial charge in [-0.15, -0.1) is 0 Å². The van der Waals surface area contributed by atoms with Gasteiger partial charge in [0.25, 0.3) is 11.8 Å². The van der Waals surface area contributed by atoms with Crippen LogP contribution in [0.2, 0.25) is 0 Å². The van der Waals surface area contributed by atoms with Gasteiger partial charge in [-0.25, -0.2) is 0 Å². The number of halogens is 2. The zero-order chi connectivity index (χ0) is 19.6. The van der Waals surface area contributed by atoms with Crippen LogP contribution in [-0.4, -0.2) is 38.6 Å². The van der Waals surface area contributed by atoms with Crippen molar-refractivity contribution in [3.63, 3.8) is 0 Å². The molecule has 0 aliphatic carbocycles. The van der Waals surface area contributed by atoms with E-state index in [-0.39, 0.29) is 30.7 Å². The van der Waals surface area contributed by atoms with Crippen molar-refractivity contribution in [1.29, 1.82) is 0 Å². The SMILES string of the molecule is CNC(=O)C[NH2+]CC(=O)N[C@H](c1ccccc1)c1ccc(OC(F)F)cc1. The molecule has 2 amide bonds. The molecule has 2 aromatic carbocycles. The highest BCUT2D eigenvalue weighted by Crippen LogP contribution is 2.24. The standard InChI is InChI=1S/C19H21F2N3O3/c1-22-16(25)11-23-12-17(26)24-18(13-5-3-2-4-6-13)14-7-9-15(10-8-14)27-19(20)21/h2-10,18-19,23H,11-12H2,1H3,(H,22,25)(H,24,26)/p+1/t18-/m1/s1. The van der Waals surface area contributed by atoms with E-state index >= 15 is 0 Å². The summed E-state index contributed by atoms with van der Waals surface area (Å²) in [6.45, 7) is -2.65. The molecule has 8 heteroatoms. The Morgan fingerprint density at radius 2 is 1.56 bits per heavy atom. The Bertz CT molecular complexity index is 740. The minimum Gasteiger partial charge on any atom is -0.435 e. The van der Waals surface area contributed by atoms with Crippen molar-refractivity contribution < 1.29 is 28.4 Å². The quantitative estimate of drug-likeness (QED) is 0.604. The van der Waals surface area contributed by atoms with Crippen LogP contribution in [0.1, 0.15) is 17.2 Å². The molecule has 0 aliphatic heterocycles. The van der Waals surface area contributed by atoms with Gasteiger partial charge in [0, 0.05) is 7.05 Å². The Balaban J connectivity index is 2.10. The average molecular weight is 378 g/mol. The van der Waals surface area contributed by atoms with Gasteiger partial charge >= 0.3 is 6.61 Å². The number of hydrogen-bond acceptors (Lipinski definition) is 3. The molecule has 144 valence electrons. The van der Waals surface area contributed by atoms with Crippen molar-refractivity contribution in [1.82, 2.24) is 10.6 Å². The highest BCUT2D eigenvalue weighted by atomic mass is 19.3. The van der Waals surface area contributed by atoms with Gasteiger partial charge in [0.05, 0.1) is 6.04 Å². The third-order valence-electron chi connectivity index (χ3n) is 3.82. The number of nitrogens with two attached hydrogens (primary N) is 1. The number of hydrogen-bond donors (Lipinski definition) is 3.